The van der Waals surface area contributed by atoms with E-state index >= 15 is 0 Å². The number of carbonyl (C=O) groups excluding carboxylic acids is 2. The van der Waals surface area contributed by atoms with Gasteiger partial charge in [0.2, 0.25) is 0 Å². The van der Waals surface area contributed by atoms with Gasteiger partial charge in [0.25, 0.3) is 11.8 Å². The van der Waals surface area contributed by atoms with E-state index in [4.69, 9.17) is 22.1 Å². The van der Waals surface area contributed by atoms with Crippen molar-refractivity contribution in [1.82, 2.24) is 4.90 Å². The summed E-state index contributed by atoms with van der Waals surface area (Å²) in [6, 6.07) is 5.24. The van der Waals surface area contributed by atoms with E-state index in [0.717, 1.165) is 32.2 Å². The van der Waals surface area contributed by atoms with Gasteiger partial charge >= 0.3 is 0 Å². The summed E-state index contributed by atoms with van der Waals surface area (Å²) in [6.45, 7) is 3.24. The second kappa shape index (κ2) is 9.73. The average molecular weight is 416 g/mol. The van der Waals surface area contributed by atoms with Crippen LogP contribution in [0.2, 0.25) is 5.02 Å². The average Bonchev–Trinajstić information content (AvgIpc) is 3.11. The van der Waals surface area contributed by atoms with Crippen LogP contribution in [0.5, 0.6) is 0 Å². The maximum absolute atomic E-state index is 12.8. The highest BCUT2D eigenvalue weighted by atomic mass is 35.5. The van der Waals surface area contributed by atoms with Gasteiger partial charge in [-0.3, -0.25) is 9.59 Å². The smallest absolute Gasteiger partial charge is 0.255 e. The van der Waals surface area contributed by atoms with E-state index in [1.807, 2.05) is 4.90 Å². The quantitative estimate of drug-likeness (QED) is 0.790. The van der Waals surface area contributed by atoms with Crippen LogP contribution in [0.3, 0.4) is 0 Å². The van der Waals surface area contributed by atoms with Crippen LogP contribution < -0.4 is 11.1 Å². The highest BCUT2D eigenvalue weighted by Gasteiger charge is 2.30. The standard InChI is InChI=1S/C19H26ClN3O3.ClH/c1-12-4-2-3-9-23(12)19(25)15-7-5-13(10-16(15)20)22-18(24)17-8-6-14(11-21)26-17;/h5,7,10,12,14,17H,2-4,6,8-9,11,21H2,1H3,(H,22,24);1H/t12?,14-,17+;/m1./s1. The number of nitrogens with one attached hydrogen (secondary N) is 1. The second-order valence-corrected chi connectivity index (χ2v) is 7.49. The molecule has 2 fully saturated rings. The van der Waals surface area contributed by atoms with Crippen molar-refractivity contribution in [2.75, 3.05) is 18.4 Å². The highest BCUT2D eigenvalue weighted by Crippen LogP contribution is 2.27. The van der Waals surface area contributed by atoms with Crippen LogP contribution in [0.15, 0.2) is 18.2 Å². The minimum absolute atomic E-state index is 0. The molecule has 0 saturated carbocycles. The highest BCUT2D eigenvalue weighted by molar-refractivity contribution is 6.34. The lowest BCUT2D eigenvalue weighted by atomic mass is 10.0. The number of nitrogens with two attached hydrogens (primary N) is 1. The minimum atomic E-state index is -0.488. The molecule has 6 nitrogen and oxygen atoms in total. The number of rotatable bonds is 4. The van der Waals surface area contributed by atoms with E-state index in [9.17, 15) is 9.59 Å². The zero-order chi connectivity index (χ0) is 18.7. The van der Waals surface area contributed by atoms with Crippen LogP contribution >= 0.6 is 24.0 Å². The number of amides is 2. The van der Waals surface area contributed by atoms with E-state index in [2.05, 4.69) is 12.2 Å². The number of ether oxygens (including phenoxy) is 1. The van der Waals surface area contributed by atoms with Crippen molar-refractivity contribution in [3.8, 4) is 0 Å². The van der Waals surface area contributed by atoms with Gasteiger partial charge in [0.05, 0.1) is 16.7 Å². The van der Waals surface area contributed by atoms with Crippen LogP contribution in [0.1, 0.15) is 49.4 Å². The lowest BCUT2D eigenvalue weighted by molar-refractivity contribution is -0.126. The fourth-order valence-electron chi connectivity index (χ4n) is 3.62. The maximum atomic E-state index is 12.8. The van der Waals surface area contributed by atoms with Crippen molar-refractivity contribution in [1.29, 1.82) is 0 Å². The summed E-state index contributed by atoms with van der Waals surface area (Å²) >= 11 is 6.33. The number of halogens is 2. The third kappa shape index (κ3) is 5.13. The summed E-state index contributed by atoms with van der Waals surface area (Å²) in [5, 5.41) is 3.15. The predicted octanol–water partition coefficient (Wildman–Crippen LogP) is 3.22. The summed E-state index contributed by atoms with van der Waals surface area (Å²) in [5.74, 6) is -0.259. The van der Waals surface area contributed by atoms with Gasteiger partial charge in [-0.1, -0.05) is 11.6 Å². The van der Waals surface area contributed by atoms with Gasteiger partial charge in [-0.2, -0.15) is 0 Å². The number of hydrogen-bond acceptors (Lipinski definition) is 4. The summed E-state index contributed by atoms with van der Waals surface area (Å²) in [4.78, 5) is 26.9. The first-order chi connectivity index (χ1) is 12.5. The summed E-state index contributed by atoms with van der Waals surface area (Å²) in [7, 11) is 0. The molecule has 2 aliphatic heterocycles. The van der Waals surface area contributed by atoms with Crippen LogP contribution in [0, 0.1) is 0 Å². The first kappa shape index (κ1) is 22.0. The number of piperidine rings is 1. The van der Waals surface area contributed by atoms with Gasteiger partial charge in [0.15, 0.2) is 0 Å². The van der Waals surface area contributed by atoms with Crippen LogP contribution in [0.4, 0.5) is 5.69 Å². The monoisotopic (exact) mass is 415 g/mol. The number of carbonyl (C=O) groups is 2. The van der Waals surface area contributed by atoms with Gasteiger partial charge in [-0.15, -0.1) is 12.4 Å². The molecule has 1 unspecified atom stereocenters. The molecule has 3 rings (SSSR count). The van der Waals surface area contributed by atoms with Crippen molar-refractivity contribution < 1.29 is 14.3 Å². The normalized spacial score (nSPS) is 25.0. The molecule has 2 amide bonds. The van der Waals surface area contributed by atoms with Gasteiger partial charge in [-0.25, -0.2) is 0 Å². The number of anilines is 1. The summed E-state index contributed by atoms with van der Waals surface area (Å²) in [5.41, 5.74) is 6.60. The second-order valence-electron chi connectivity index (χ2n) is 7.09. The maximum Gasteiger partial charge on any atom is 0.255 e. The molecule has 0 aliphatic carbocycles. The van der Waals surface area contributed by atoms with Crippen molar-refractivity contribution in [2.45, 2.75) is 57.3 Å². The molecule has 0 bridgehead atoms. The fraction of sp³-hybridized carbons (Fsp3) is 0.579. The molecule has 0 radical (unpaired) electrons. The van der Waals surface area contributed by atoms with E-state index in [0.29, 0.717) is 29.2 Å². The van der Waals surface area contributed by atoms with Gasteiger partial charge in [0, 0.05) is 24.8 Å². The molecular formula is C19H27Cl2N3O3. The predicted molar refractivity (Wildman–Crippen MR) is 109 cm³/mol. The summed E-state index contributed by atoms with van der Waals surface area (Å²) < 4.78 is 5.60. The Hall–Kier alpha value is -1.34. The largest absolute Gasteiger partial charge is 0.364 e. The topological polar surface area (TPSA) is 84.7 Å². The first-order valence-corrected chi connectivity index (χ1v) is 9.64. The molecule has 3 N–H and O–H groups in total. The van der Waals surface area contributed by atoms with E-state index in [1.54, 1.807) is 18.2 Å². The zero-order valence-electron chi connectivity index (χ0n) is 15.4. The van der Waals surface area contributed by atoms with Gasteiger partial charge < -0.3 is 20.7 Å². The molecule has 3 atom stereocenters. The Morgan fingerprint density at radius 1 is 1.30 bits per heavy atom. The van der Waals surface area contributed by atoms with Crippen molar-refractivity contribution in [3.63, 3.8) is 0 Å². The summed E-state index contributed by atoms with van der Waals surface area (Å²) in [6.07, 6.45) is 4.09. The number of hydrogen-bond donors (Lipinski definition) is 2. The van der Waals surface area contributed by atoms with Crippen molar-refractivity contribution in [2.24, 2.45) is 5.73 Å². The Morgan fingerprint density at radius 2 is 2.07 bits per heavy atom. The van der Waals surface area contributed by atoms with Crippen molar-refractivity contribution >= 4 is 41.5 Å². The number of benzene rings is 1. The lowest BCUT2D eigenvalue weighted by Gasteiger charge is -2.33. The Balaban J connectivity index is 0.00000261. The Kier molecular flexibility index (Phi) is 7.91. The molecule has 27 heavy (non-hydrogen) atoms. The molecule has 2 saturated heterocycles. The van der Waals surface area contributed by atoms with Crippen molar-refractivity contribution in [3.05, 3.63) is 28.8 Å². The molecule has 0 aromatic heterocycles. The molecular weight excluding hydrogens is 389 g/mol. The van der Waals surface area contributed by atoms with Crippen LogP contribution in [0.25, 0.3) is 0 Å². The molecule has 1 aromatic carbocycles. The Labute approximate surface area is 171 Å². The van der Waals surface area contributed by atoms with Crippen LogP contribution in [-0.4, -0.2) is 48.1 Å². The zero-order valence-corrected chi connectivity index (χ0v) is 17.0. The Morgan fingerprint density at radius 3 is 2.70 bits per heavy atom. The first-order valence-electron chi connectivity index (χ1n) is 9.26. The number of likely N-dealkylation sites (tertiary alicyclic amines) is 1. The minimum Gasteiger partial charge on any atom is -0.364 e. The molecule has 2 aliphatic rings. The third-order valence-electron chi connectivity index (χ3n) is 5.19. The molecule has 150 valence electrons. The third-order valence-corrected chi connectivity index (χ3v) is 5.51. The molecule has 2 heterocycles. The van der Waals surface area contributed by atoms with Gasteiger partial charge in [-0.05, 0) is 57.2 Å². The molecule has 1 aromatic rings. The Bertz CT molecular complexity index is 686. The number of nitrogens with zero attached hydrogens (tertiary/aromatic N) is 1. The van der Waals surface area contributed by atoms with Crippen LogP contribution in [-0.2, 0) is 9.53 Å². The SMILES string of the molecule is CC1CCCCN1C(=O)c1ccc(NC(=O)[C@@H]2CC[C@H](CN)O2)cc1Cl.Cl. The molecule has 0 spiro atoms. The van der Waals surface area contributed by atoms with E-state index in [1.165, 1.54) is 0 Å². The van der Waals surface area contributed by atoms with E-state index in [-0.39, 0.29) is 36.4 Å². The van der Waals surface area contributed by atoms with Gasteiger partial charge in [0.1, 0.15) is 6.10 Å². The van der Waals surface area contributed by atoms with E-state index < -0.39 is 6.10 Å². The fourth-order valence-corrected chi connectivity index (χ4v) is 3.88. The molecule has 8 heteroatoms. The lowest BCUT2D eigenvalue weighted by Crippen LogP contribution is -2.42.